The Kier molecular flexibility index (Phi) is 14.3. The van der Waals surface area contributed by atoms with Crippen LogP contribution in [0.25, 0.3) is 0 Å². The van der Waals surface area contributed by atoms with Gasteiger partial charge >= 0.3 is 0 Å². The normalized spacial score (nSPS) is 54.7. The maximum atomic E-state index is 11.1. The molecule has 25 heteroatoms. The van der Waals surface area contributed by atoms with E-state index in [9.17, 15) is 76.6 Å². The molecule has 0 aromatic heterocycles. The molecule has 6 heterocycles. The summed E-state index contributed by atoms with van der Waals surface area (Å²) in [7, 11) is 0. The largest absolute Gasteiger partial charge is 0.394 e. The third kappa shape index (κ3) is 8.41. The van der Waals surface area contributed by atoms with Gasteiger partial charge in [0.05, 0.1) is 33.0 Å². The van der Waals surface area contributed by atoms with E-state index in [-0.39, 0.29) is 6.61 Å². The number of rotatable bonds is 12. The highest BCUT2D eigenvalue weighted by Crippen LogP contribution is 2.36. The maximum absolute atomic E-state index is 11.1. The van der Waals surface area contributed by atoms with E-state index in [1.807, 2.05) is 0 Å². The van der Waals surface area contributed by atoms with Crippen molar-refractivity contribution in [3.63, 3.8) is 0 Å². The van der Waals surface area contributed by atoms with Crippen molar-refractivity contribution in [2.45, 2.75) is 154 Å². The van der Waals surface area contributed by atoms with Crippen LogP contribution >= 0.6 is 0 Å². The van der Waals surface area contributed by atoms with Crippen molar-refractivity contribution < 1.29 is 124 Å². The third-order valence-corrected chi connectivity index (χ3v) is 10.6. The first-order valence-corrected chi connectivity index (χ1v) is 17.6. The molecule has 0 aliphatic carbocycles. The summed E-state index contributed by atoms with van der Waals surface area (Å²) in [6.45, 7) is -3.58. The minimum atomic E-state index is -2.08. The Morgan fingerprint density at radius 3 is 1.05 bits per heavy atom. The second-order valence-corrected chi connectivity index (χ2v) is 14.1. The fraction of sp³-hybridized carbons (Fsp3) is 1.00. The predicted octanol–water partition coefficient (Wildman–Crippen LogP) is -10.9. The lowest BCUT2D eigenvalue weighted by Crippen LogP contribution is -2.67. The molecule has 25 nitrogen and oxygen atoms in total. The summed E-state index contributed by atoms with van der Waals surface area (Å²) in [4.78, 5) is 0. The second-order valence-electron chi connectivity index (χ2n) is 14.1. The Balaban J connectivity index is 1.08. The summed E-state index contributed by atoms with van der Waals surface area (Å²) in [6, 6.07) is 0. The number of fused-ring (bicyclic) bond motifs is 2. The van der Waals surface area contributed by atoms with Crippen molar-refractivity contribution in [1.82, 2.24) is 0 Å². The smallest absolute Gasteiger partial charge is 0.187 e. The molecule has 0 spiro atoms. The Labute approximate surface area is 310 Å². The first kappa shape index (κ1) is 43.6. The Morgan fingerprint density at radius 1 is 0.364 bits per heavy atom. The highest BCUT2D eigenvalue weighted by molar-refractivity contribution is 5.00. The average Bonchev–Trinajstić information content (AvgIpc) is 3.45. The maximum Gasteiger partial charge on any atom is 0.187 e. The van der Waals surface area contributed by atoms with E-state index in [1.54, 1.807) is 0 Å². The number of hydrogen-bond acceptors (Lipinski definition) is 25. The standard InChI is InChI=1S/C30H50O25/c31-1-6-21(12(36)16(40)26(45)47-6)52-27-17(41)13(37)22(7(2-32)48-27)53-28-18(42)14(38)23(8(3-33)49-28)54-29-19(43)15(39)24(9(4-34)50-29)55-30-20(44)25-11(35)10(51-30)5-46-25/h6-45H,1-5H2/t6-,7-,8-,9-,10-,11-,12-,13-,14-,15-,16-,17-,18-,19-,20-,21-,22-,23-,24-,25+,26?,27-,28-,29-,30-/m1/s1. The number of aliphatic hydroxyl groups excluding tert-OH is 15. The minimum Gasteiger partial charge on any atom is -0.394 e. The molecule has 6 aliphatic heterocycles. The lowest BCUT2D eigenvalue weighted by Gasteiger charge is -2.49. The van der Waals surface area contributed by atoms with Crippen LogP contribution < -0.4 is 0 Å². The van der Waals surface area contributed by atoms with Gasteiger partial charge in [0.25, 0.3) is 0 Å². The average molecular weight is 811 g/mol. The zero-order valence-corrected chi connectivity index (χ0v) is 28.8. The summed E-state index contributed by atoms with van der Waals surface area (Å²) in [5.41, 5.74) is 0. The minimum absolute atomic E-state index is 0.0489. The van der Waals surface area contributed by atoms with Gasteiger partial charge in [-0.1, -0.05) is 0 Å². The summed E-state index contributed by atoms with van der Waals surface area (Å²) in [6.07, 6.45) is -42.1. The van der Waals surface area contributed by atoms with E-state index < -0.39 is 180 Å². The molecule has 1 unspecified atom stereocenters. The Bertz CT molecular complexity index is 1220. The fourth-order valence-electron chi connectivity index (χ4n) is 7.41. The first-order chi connectivity index (χ1) is 26.1. The van der Waals surface area contributed by atoms with E-state index >= 15 is 0 Å². The lowest BCUT2D eigenvalue weighted by molar-refractivity contribution is -0.391. The topological polar surface area (TPSA) is 396 Å². The van der Waals surface area contributed by atoms with Crippen molar-refractivity contribution >= 4 is 0 Å². The zero-order chi connectivity index (χ0) is 40.0. The van der Waals surface area contributed by atoms with E-state index in [1.165, 1.54) is 0 Å². The van der Waals surface area contributed by atoms with Gasteiger partial charge in [0.15, 0.2) is 31.5 Å². The van der Waals surface area contributed by atoms with Crippen LogP contribution in [0, 0.1) is 0 Å². The van der Waals surface area contributed by atoms with E-state index in [2.05, 4.69) is 0 Å². The number of hydrogen-bond donors (Lipinski definition) is 15. The van der Waals surface area contributed by atoms with Gasteiger partial charge in [0.1, 0.15) is 122 Å². The van der Waals surface area contributed by atoms with Gasteiger partial charge in [0, 0.05) is 0 Å². The van der Waals surface area contributed by atoms with Crippen LogP contribution in [0.15, 0.2) is 0 Å². The third-order valence-electron chi connectivity index (χ3n) is 10.6. The van der Waals surface area contributed by atoms with Gasteiger partial charge in [0.2, 0.25) is 0 Å². The molecule has 6 fully saturated rings. The van der Waals surface area contributed by atoms with Crippen LogP contribution in [0.2, 0.25) is 0 Å². The van der Waals surface area contributed by atoms with Gasteiger partial charge in [-0.05, 0) is 0 Å². The lowest BCUT2D eigenvalue weighted by atomic mass is 9.95. The summed E-state index contributed by atoms with van der Waals surface area (Å²) >= 11 is 0. The van der Waals surface area contributed by atoms with Gasteiger partial charge in [-0.25, -0.2) is 0 Å². The van der Waals surface area contributed by atoms with Crippen molar-refractivity contribution in [2.75, 3.05) is 33.0 Å². The van der Waals surface area contributed by atoms with Crippen LogP contribution in [0.4, 0.5) is 0 Å². The molecule has 6 aliphatic rings. The molecule has 2 bridgehead atoms. The monoisotopic (exact) mass is 810 g/mol. The van der Waals surface area contributed by atoms with Crippen molar-refractivity contribution in [1.29, 1.82) is 0 Å². The van der Waals surface area contributed by atoms with Crippen molar-refractivity contribution in [3.05, 3.63) is 0 Å². The summed E-state index contributed by atoms with van der Waals surface area (Å²) < 4.78 is 55.0. The Morgan fingerprint density at radius 2 is 0.691 bits per heavy atom. The fourth-order valence-corrected chi connectivity index (χ4v) is 7.41. The van der Waals surface area contributed by atoms with Crippen LogP contribution in [0.3, 0.4) is 0 Å². The summed E-state index contributed by atoms with van der Waals surface area (Å²) in [5.74, 6) is 0. The van der Waals surface area contributed by atoms with Crippen LogP contribution in [-0.2, 0) is 47.4 Å². The second kappa shape index (κ2) is 18.1. The van der Waals surface area contributed by atoms with Gasteiger partial charge in [-0.3, -0.25) is 0 Å². The van der Waals surface area contributed by atoms with E-state index in [4.69, 9.17) is 47.4 Å². The molecular formula is C30H50O25. The highest BCUT2D eigenvalue weighted by atomic mass is 16.8. The SMILES string of the molecule is OC[C@H]1O[C@H](O[C@H]2[C@H](O)[C@@H](O)[C@@H](O[C@H]3[C@H](O)[C@@H](O)C(O)O[C@@H]3CO)O[C@@H]2CO)[C@H](O)[C@@H](O)[C@@H]1O[C@H]1O[C@H](CO)[C@@H](O[C@H]2O[C@@H]3CO[C@H]([C@H]2O)[C@@H]3O)[C@H](O)[C@H]1O. The molecule has 0 aromatic rings. The molecule has 0 aromatic carbocycles. The number of aliphatic hydroxyl groups is 15. The molecule has 0 saturated carbocycles. The van der Waals surface area contributed by atoms with Gasteiger partial charge < -0.3 is 124 Å². The van der Waals surface area contributed by atoms with Crippen LogP contribution in [0.1, 0.15) is 0 Å². The van der Waals surface area contributed by atoms with E-state index in [0.717, 1.165) is 0 Å². The van der Waals surface area contributed by atoms with Crippen molar-refractivity contribution in [2.24, 2.45) is 0 Å². The van der Waals surface area contributed by atoms with Crippen LogP contribution in [-0.4, -0.2) is 263 Å². The molecule has 0 radical (unpaired) electrons. The molecule has 25 atom stereocenters. The zero-order valence-electron chi connectivity index (χ0n) is 28.8. The molecule has 55 heavy (non-hydrogen) atoms. The molecule has 0 amide bonds. The quantitative estimate of drug-likeness (QED) is 0.0870. The molecule has 320 valence electrons. The van der Waals surface area contributed by atoms with Gasteiger partial charge in [-0.15, -0.1) is 0 Å². The molecule has 6 rings (SSSR count). The van der Waals surface area contributed by atoms with Crippen LogP contribution in [0.5, 0.6) is 0 Å². The van der Waals surface area contributed by atoms with Crippen molar-refractivity contribution in [3.8, 4) is 0 Å². The van der Waals surface area contributed by atoms with E-state index in [0.29, 0.717) is 0 Å². The summed E-state index contributed by atoms with van der Waals surface area (Å²) in [5, 5.41) is 157. The molecule has 6 saturated heterocycles. The highest BCUT2D eigenvalue weighted by Gasteiger charge is 2.57. The molecular weight excluding hydrogens is 760 g/mol. The van der Waals surface area contributed by atoms with Gasteiger partial charge in [-0.2, -0.15) is 0 Å². The predicted molar refractivity (Wildman–Crippen MR) is 163 cm³/mol. The number of ether oxygens (including phenoxy) is 10. The Hall–Kier alpha value is -1.00. The molecule has 15 N–H and O–H groups in total. The first-order valence-electron chi connectivity index (χ1n) is 17.6.